The second kappa shape index (κ2) is 9.42. The molecule has 1 atom stereocenters. The largest absolute Gasteiger partial charge is 0.493 e. The van der Waals surface area contributed by atoms with E-state index in [9.17, 15) is 4.79 Å². The molecule has 0 saturated heterocycles. The molecule has 0 radical (unpaired) electrons. The van der Waals surface area contributed by atoms with Gasteiger partial charge in [-0.05, 0) is 68.3 Å². The molecule has 0 aliphatic rings. The lowest BCUT2D eigenvalue weighted by Crippen LogP contribution is -2.39. The average Bonchev–Trinajstić information content (AvgIpc) is 2.68. The summed E-state index contributed by atoms with van der Waals surface area (Å²) in [6, 6.07) is 11.6. The molecule has 1 amide bonds. The van der Waals surface area contributed by atoms with E-state index in [0.29, 0.717) is 18.0 Å². The van der Waals surface area contributed by atoms with Crippen LogP contribution in [0.1, 0.15) is 30.5 Å². The molecule has 2 aromatic rings. The third-order valence-corrected chi connectivity index (χ3v) is 4.93. The zero-order valence-corrected chi connectivity index (χ0v) is 17.1. The van der Waals surface area contributed by atoms with Crippen LogP contribution in [0.5, 0.6) is 11.5 Å². The molecule has 1 N–H and O–H groups in total. The summed E-state index contributed by atoms with van der Waals surface area (Å²) in [6.45, 7) is 6.69. The smallest absolute Gasteiger partial charge is 0.241 e. The fourth-order valence-electron chi connectivity index (χ4n) is 2.87. The van der Waals surface area contributed by atoms with Gasteiger partial charge in [0, 0.05) is 12.2 Å². The van der Waals surface area contributed by atoms with Crippen molar-refractivity contribution in [3.8, 4) is 11.5 Å². The topological polar surface area (TPSA) is 50.8 Å². The number of methoxy groups -OCH3 is 2. The number of carbonyl (C=O) groups excluding carboxylic acids is 1. The average molecular weight is 370 g/mol. The van der Waals surface area contributed by atoms with Crippen LogP contribution >= 0.6 is 0 Å². The lowest BCUT2D eigenvalue weighted by Gasteiger charge is -2.25. The van der Waals surface area contributed by atoms with Gasteiger partial charge in [0.15, 0.2) is 11.5 Å². The number of aryl methyl sites for hydroxylation is 2. The maximum atomic E-state index is 12.6. The Hall–Kier alpha value is -2.53. The van der Waals surface area contributed by atoms with Crippen LogP contribution in [0.3, 0.4) is 0 Å². The number of nitrogens with one attached hydrogen (secondary N) is 1. The van der Waals surface area contributed by atoms with E-state index in [1.165, 1.54) is 5.56 Å². The van der Waals surface area contributed by atoms with Crippen LogP contribution in [0.15, 0.2) is 36.4 Å². The van der Waals surface area contributed by atoms with Gasteiger partial charge in [-0.1, -0.05) is 19.1 Å². The number of rotatable bonds is 8. The first kappa shape index (κ1) is 20.8. The minimum atomic E-state index is -0.275. The van der Waals surface area contributed by atoms with Crippen molar-refractivity contribution >= 4 is 11.6 Å². The molecule has 0 spiro atoms. The Bertz CT molecular complexity index is 772. The van der Waals surface area contributed by atoms with Gasteiger partial charge >= 0.3 is 0 Å². The van der Waals surface area contributed by atoms with Crippen LogP contribution in [0.4, 0.5) is 5.69 Å². The van der Waals surface area contributed by atoms with Crippen LogP contribution in [0.2, 0.25) is 0 Å². The number of amides is 1. The molecule has 5 nitrogen and oxygen atoms in total. The van der Waals surface area contributed by atoms with E-state index in [2.05, 4.69) is 12.2 Å². The fraction of sp³-hybridized carbons (Fsp3) is 0.409. The molecule has 5 heteroatoms. The molecule has 0 aliphatic carbocycles. The van der Waals surface area contributed by atoms with E-state index in [-0.39, 0.29) is 11.9 Å². The van der Waals surface area contributed by atoms with Crippen molar-refractivity contribution in [1.82, 2.24) is 4.90 Å². The molecule has 2 rings (SSSR count). The van der Waals surface area contributed by atoms with Crippen LogP contribution in [-0.4, -0.2) is 38.1 Å². The van der Waals surface area contributed by atoms with Crippen LogP contribution in [-0.2, 0) is 17.8 Å². The molecule has 0 heterocycles. The van der Waals surface area contributed by atoms with E-state index in [1.807, 2.05) is 62.2 Å². The number of anilines is 1. The Morgan fingerprint density at radius 1 is 1.11 bits per heavy atom. The normalized spacial score (nSPS) is 12.0. The van der Waals surface area contributed by atoms with Gasteiger partial charge in [-0.3, -0.25) is 9.69 Å². The molecule has 0 saturated carbocycles. The molecule has 27 heavy (non-hydrogen) atoms. The highest BCUT2D eigenvalue weighted by Gasteiger charge is 2.20. The Labute approximate surface area is 162 Å². The molecule has 2 aromatic carbocycles. The molecular weight excluding hydrogens is 340 g/mol. The van der Waals surface area contributed by atoms with Crippen molar-refractivity contribution in [3.63, 3.8) is 0 Å². The van der Waals surface area contributed by atoms with Crippen molar-refractivity contribution in [2.24, 2.45) is 0 Å². The van der Waals surface area contributed by atoms with Gasteiger partial charge in [0.05, 0.1) is 20.3 Å². The Kier molecular flexibility index (Phi) is 7.25. The van der Waals surface area contributed by atoms with Crippen LogP contribution in [0, 0.1) is 6.92 Å². The number of benzene rings is 2. The zero-order chi connectivity index (χ0) is 20.0. The lowest BCUT2D eigenvalue weighted by atomic mass is 10.1. The highest BCUT2D eigenvalue weighted by atomic mass is 16.5. The van der Waals surface area contributed by atoms with Crippen molar-refractivity contribution in [1.29, 1.82) is 0 Å². The monoisotopic (exact) mass is 370 g/mol. The highest BCUT2D eigenvalue weighted by molar-refractivity contribution is 5.94. The van der Waals surface area contributed by atoms with E-state index in [4.69, 9.17) is 9.47 Å². The summed E-state index contributed by atoms with van der Waals surface area (Å²) in [5.74, 6) is 1.38. The van der Waals surface area contributed by atoms with Crippen LogP contribution < -0.4 is 14.8 Å². The molecule has 0 unspecified atom stereocenters. The summed E-state index contributed by atoms with van der Waals surface area (Å²) in [7, 11) is 5.20. The second-order valence-corrected chi connectivity index (χ2v) is 6.76. The molecule has 0 fully saturated rings. The highest BCUT2D eigenvalue weighted by Crippen LogP contribution is 2.30. The quantitative estimate of drug-likeness (QED) is 0.762. The summed E-state index contributed by atoms with van der Waals surface area (Å²) in [5, 5.41) is 2.99. The molecule has 0 bridgehead atoms. The van der Waals surface area contributed by atoms with Gasteiger partial charge in [0.2, 0.25) is 5.91 Å². The van der Waals surface area contributed by atoms with E-state index >= 15 is 0 Å². The molecule has 0 aromatic heterocycles. The van der Waals surface area contributed by atoms with Crippen molar-refractivity contribution in [2.75, 3.05) is 26.6 Å². The molecular formula is C22H30N2O3. The fourth-order valence-corrected chi connectivity index (χ4v) is 2.87. The van der Waals surface area contributed by atoms with Crippen molar-refractivity contribution in [3.05, 3.63) is 53.1 Å². The van der Waals surface area contributed by atoms with Gasteiger partial charge in [0.1, 0.15) is 0 Å². The number of hydrogen-bond donors (Lipinski definition) is 1. The van der Waals surface area contributed by atoms with E-state index in [1.54, 1.807) is 14.2 Å². The Morgan fingerprint density at radius 2 is 1.70 bits per heavy atom. The first-order chi connectivity index (χ1) is 12.9. The summed E-state index contributed by atoms with van der Waals surface area (Å²) < 4.78 is 10.7. The predicted molar refractivity (Wildman–Crippen MR) is 110 cm³/mol. The molecule has 0 aliphatic heterocycles. The third-order valence-electron chi connectivity index (χ3n) is 4.93. The van der Waals surface area contributed by atoms with E-state index < -0.39 is 0 Å². The maximum absolute atomic E-state index is 12.6. The minimum Gasteiger partial charge on any atom is -0.493 e. The SMILES string of the molecule is CCc1ccc(NC(=O)[C@H](C)N(C)Cc2cc(OC)c(OC)cc2C)cc1. The predicted octanol–water partition coefficient (Wildman–Crippen LogP) is 4.03. The minimum absolute atomic E-state index is 0.0279. The number of nitrogens with zero attached hydrogens (tertiary/aromatic N) is 1. The second-order valence-electron chi connectivity index (χ2n) is 6.76. The van der Waals surface area contributed by atoms with Gasteiger partial charge < -0.3 is 14.8 Å². The first-order valence-corrected chi connectivity index (χ1v) is 9.21. The van der Waals surface area contributed by atoms with Gasteiger partial charge in [-0.25, -0.2) is 0 Å². The third kappa shape index (κ3) is 5.23. The van der Waals surface area contributed by atoms with Crippen LogP contribution in [0.25, 0.3) is 0 Å². The summed E-state index contributed by atoms with van der Waals surface area (Å²) in [5.41, 5.74) is 4.27. The maximum Gasteiger partial charge on any atom is 0.241 e. The lowest BCUT2D eigenvalue weighted by molar-refractivity contribution is -0.120. The zero-order valence-electron chi connectivity index (χ0n) is 17.1. The Morgan fingerprint density at radius 3 is 2.26 bits per heavy atom. The van der Waals surface area contributed by atoms with E-state index in [0.717, 1.165) is 23.2 Å². The number of carbonyl (C=O) groups is 1. The van der Waals surface area contributed by atoms with Gasteiger partial charge in [0.25, 0.3) is 0 Å². The standard InChI is InChI=1S/C22H30N2O3/c1-7-17-8-10-19(11-9-17)23-22(25)16(3)24(4)14-18-13-21(27-6)20(26-5)12-15(18)2/h8-13,16H,7,14H2,1-6H3,(H,23,25)/t16-/m0/s1. The molecule has 146 valence electrons. The summed E-state index contributed by atoms with van der Waals surface area (Å²) in [6.07, 6.45) is 0.984. The summed E-state index contributed by atoms with van der Waals surface area (Å²) >= 11 is 0. The first-order valence-electron chi connectivity index (χ1n) is 9.21. The van der Waals surface area contributed by atoms with Gasteiger partial charge in [-0.15, -0.1) is 0 Å². The number of hydrogen-bond acceptors (Lipinski definition) is 4. The Balaban J connectivity index is 2.05. The van der Waals surface area contributed by atoms with Crippen molar-refractivity contribution in [2.45, 2.75) is 39.8 Å². The number of ether oxygens (including phenoxy) is 2. The number of likely N-dealkylation sites (N-methyl/N-ethyl adjacent to an activating group) is 1. The van der Waals surface area contributed by atoms with Crippen molar-refractivity contribution < 1.29 is 14.3 Å². The van der Waals surface area contributed by atoms with Gasteiger partial charge in [-0.2, -0.15) is 0 Å². The summed E-state index contributed by atoms with van der Waals surface area (Å²) in [4.78, 5) is 14.6.